The molecule has 1 aliphatic heterocycles. The molecular formula is C18H16ClF4N5. The number of rotatable bonds is 2. The van der Waals surface area contributed by atoms with E-state index in [1.54, 1.807) is 4.90 Å². The van der Waals surface area contributed by atoms with Crippen molar-refractivity contribution in [3.63, 3.8) is 0 Å². The van der Waals surface area contributed by atoms with Crippen LogP contribution >= 0.6 is 11.6 Å². The second-order valence-corrected chi connectivity index (χ2v) is 7.30. The van der Waals surface area contributed by atoms with Crippen LogP contribution in [-0.2, 0) is 6.18 Å². The fraction of sp³-hybridized carbons (Fsp3) is 0.389. The maximum atomic E-state index is 14.7. The summed E-state index contributed by atoms with van der Waals surface area (Å²) >= 11 is 6.15. The van der Waals surface area contributed by atoms with E-state index in [-0.39, 0.29) is 22.2 Å². The molecule has 2 aromatic heterocycles. The largest absolute Gasteiger partial charge is 0.434 e. The second-order valence-electron chi connectivity index (χ2n) is 6.89. The molecule has 1 aromatic carbocycles. The van der Waals surface area contributed by atoms with E-state index in [9.17, 15) is 17.6 Å². The highest BCUT2D eigenvalue weighted by Crippen LogP contribution is 2.45. The fourth-order valence-corrected chi connectivity index (χ4v) is 3.77. The summed E-state index contributed by atoms with van der Waals surface area (Å²) in [4.78, 5) is 9.25. The van der Waals surface area contributed by atoms with Crippen LogP contribution in [0.5, 0.6) is 0 Å². The average molecular weight is 414 g/mol. The van der Waals surface area contributed by atoms with Crippen molar-refractivity contribution < 1.29 is 17.6 Å². The number of nitrogens with zero attached hydrogens (tertiary/aromatic N) is 5. The molecule has 0 spiro atoms. The lowest BCUT2D eigenvalue weighted by molar-refractivity contribution is -0.140. The molecular weight excluding hydrogens is 398 g/mol. The van der Waals surface area contributed by atoms with Gasteiger partial charge in [0.2, 0.25) is 0 Å². The Balaban J connectivity index is 2.09. The van der Waals surface area contributed by atoms with Gasteiger partial charge < -0.3 is 4.90 Å². The number of halogens is 5. The maximum Gasteiger partial charge on any atom is 0.434 e. The van der Waals surface area contributed by atoms with Gasteiger partial charge in [-0.1, -0.05) is 24.6 Å². The molecule has 0 saturated carbocycles. The number of alkyl halides is 3. The molecule has 5 nitrogen and oxygen atoms in total. The van der Waals surface area contributed by atoms with E-state index >= 15 is 0 Å². The predicted molar refractivity (Wildman–Crippen MR) is 96.8 cm³/mol. The number of aromatic nitrogens is 4. The Kier molecular flexibility index (Phi) is 4.65. The smallest absolute Gasteiger partial charge is 0.356 e. The van der Waals surface area contributed by atoms with E-state index in [1.807, 2.05) is 0 Å². The number of piperidine rings is 1. The molecule has 0 aliphatic carbocycles. The standard InChI is InChI=1S/C18H16ClF4N5/c1-10-5-7-27(8-6-10)16-14(13-11(19)3-2-4-12(13)20)15(18(21,22)23)26-17-24-9-25-28(16)17/h2-4,9-10H,5-8H2,1H3. The van der Waals surface area contributed by atoms with Crippen molar-refractivity contribution >= 4 is 23.2 Å². The first-order valence-corrected chi connectivity index (χ1v) is 9.15. The van der Waals surface area contributed by atoms with Crippen LogP contribution in [0.3, 0.4) is 0 Å². The van der Waals surface area contributed by atoms with Gasteiger partial charge in [0.1, 0.15) is 18.0 Å². The molecule has 0 amide bonds. The van der Waals surface area contributed by atoms with Crippen molar-refractivity contribution in [3.8, 4) is 11.1 Å². The summed E-state index contributed by atoms with van der Waals surface area (Å²) in [7, 11) is 0. The first-order valence-electron chi connectivity index (χ1n) is 8.77. The Hall–Kier alpha value is -2.42. The molecule has 28 heavy (non-hydrogen) atoms. The molecule has 0 atom stereocenters. The van der Waals surface area contributed by atoms with Crippen LogP contribution in [0, 0.1) is 11.7 Å². The highest BCUT2D eigenvalue weighted by Gasteiger charge is 2.41. The minimum Gasteiger partial charge on any atom is -0.356 e. The predicted octanol–water partition coefficient (Wildman–Crippen LogP) is 4.84. The molecule has 0 bridgehead atoms. The van der Waals surface area contributed by atoms with Crippen LogP contribution in [0.25, 0.3) is 16.9 Å². The van der Waals surface area contributed by atoms with Crippen LogP contribution in [0.2, 0.25) is 5.02 Å². The highest BCUT2D eigenvalue weighted by molar-refractivity contribution is 6.33. The summed E-state index contributed by atoms with van der Waals surface area (Å²) in [5, 5.41) is 3.92. The van der Waals surface area contributed by atoms with Crippen molar-refractivity contribution in [1.82, 2.24) is 19.6 Å². The molecule has 3 heterocycles. The van der Waals surface area contributed by atoms with Crippen molar-refractivity contribution in [2.45, 2.75) is 25.9 Å². The Bertz CT molecular complexity index is 1000. The number of fused-ring (bicyclic) bond motifs is 1. The van der Waals surface area contributed by atoms with E-state index in [0.29, 0.717) is 19.0 Å². The van der Waals surface area contributed by atoms with Crippen LogP contribution in [0.1, 0.15) is 25.5 Å². The van der Waals surface area contributed by atoms with Gasteiger partial charge in [0.25, 0.3) is 5.78 Å². The van der Waals surface area contributed by atoms with Crippen molar-refractivity contribution in [1.29, 1.82) is 0 Å². The lowest BCUT2D eigenvalue weighted by Gasteiger charge is -2.34. The molecule has 0 N–H and O–H groups in total. The number of benzene rings is 1. The Morgan fingerprint density at radius 3 is 2.50 bits per heavy atom. The minimum absolute atomic E-state index is 0.105. The minimum atomic E-state index is -4.83. The van der Waals surface area contributed by atoms with Crippen LogP contribution < -0.4 is 4.90 Å². The number of hydrogen-bond donors (Lipinski definition) is 0. The Morgan fingerprint density at radius 2 is 1.86 bits per heavy atom. The summed E-state index contributed by atoms with van der Waals surface area (Å²) < 4.78 is 57.7. The number of anilines is 1. The molecule has 4 rings (SSSR count). The normalized spacial score (nSPS) is 16.1. The number of hydrogen-bond acceptors (Lipinski definition) is 4. The molecule has 1 fully saturated rings. The molecule has 0 unspecified atom stereocenters. The highest BCUT2D eigenvalue weighted by atomic mass is 35.5. The SMILES string of the molecule is CC1CCN(c2c(-c3c(F)cccc3Cl)c(C(F)(F)F)nc3ncnn23)CC1. The maximum absolute atomic E-state index is 14.7. The van der Waals surface area contributed by atoms with Gasteiger partial charge in [-0.3, -0.25) is 0 Å². The van der Waals surface area contributed by atoms with Crippen molar-refractivity contribution in [2.75, 3.05) is 18.0 Å². The van der Waals surface area contributed by atoms with E-state index in [4.69, 9.17) is 11.6 Å². The summed E-state index contributed by atoms with van der Waals surface area (Å²) in [5.74, 6) is -0.497. The lowest BCUT2D eigenvalue weighted by atomic mass is 9.97. The first-order chi connectivity index (χ1) is 13.3. The van der Waals surface area contributed by atoms with Gasteiger partial charge in [-0.25, -0.2) is 9.37 Å². The molecule has 148 valence electrons. The summed E-state index contributed by atoms with van der Waals surface area (Å²) in [6.07, 6.45) is -2.10. The Labute approximate surface area is 163 Å². The third-order valence-corrected chi connectivity index (χ3v) is 5.28. The van der Waals surface area contributed by atoms with E-state index in [2.05, 4.69) is 22.0 Å². The van der Waals surface area contributed by atoms with Crippen molar-refractivity contribution in [2.24, 2.45) is 5.92 Å². The zero-order valence-corrected chi connectivity index (χ0v) is 15.6. The fourth-order valence-electron chi connectivity index (χ4n) is 3.51. The summed E-state index contributed by atoms with van der Waals surface area (Å²) in [6, 6.07) is 3.78. The third kappa shape index (κ3) is 3.17. The zero-order chi connectivity index (χ0) is 20.1. The summed E-state index contributed by atoms with van der Waals surface area (Å²) in [6.45, 7) is 3.11. The van der Waals surface area contributed by atoms with Gasteiger partial charge in [0.15, 0.2) is 5.69 Å². The average Bonchev–Trinajstić information content (AvgIpc) is 3.09. The first kappa shape index (κ1) is 18.9. The molecule has 0 radical (unpaired) electrons. The van der Waals surface area contributed by atoms with Crippen LogP contribution in [0.15, 0.2) is 24.5 Å². The van der Waals surface area contributed by atoms with Gasteiger partial charge in [-0.05, 0) is 30.9 Å². The zero-order valence-electron chi connectivity index (χ0n) is 14.8. The molecule has 1 aliphatic rings. The third-order valence-electron chi connectivity index (χ3n) is 4.97. The van der Waals surface area contributed by atoms with E-state index in [0.717, 1.165) is 25.2 Å². The van der Waals surface area contributed by atoms with Crippen LogP contribution in [0.4, 0.5) is 23.4 Å². The van der Waals surface area contributed by atoms with E-state index < -0.39 is 23.3 Å². The van der Waals surface area contributed by atoms with Crippen LogP contribution in [-0.4, -0.2) is 32.7 Å². The van der Waals surface area contributed by atoms with Gasteiger partial charge in [0.05, 0.1) is 10.6 Å². The summed E-state index contributed by atoms with van der Waals surface area (Å²) in [5.41, 5.74) is -1.98. The van der Waals surface area contributed by atoms with E-state index in [1.165, 1.54) is 16.6 Å². The van der Waals surface area contributed by atoms with Gasteiger partial charge in [-0.2, -0.15) is 27.8 Å². The quantitative estimate of drug-likeness (QED) is 0.564. The molecule has 10 heteroatoms. The topological polar surface area (TPSA) is 46.3 Å². The van der Waals surface area contributed by atoms with Crippen molar-refractivity contribution in [3.05, 3.63) is 41.1 Å². The monoisotopic (exact) mass is 413 g/mol. The molecule has 3 aromatic rings. The lowest BCUT2D eigenvalue weighted by Crippen LogP contribution is -2.35. The Morgan fingerprint density at radius 1 is 1.14 bits per heavy atom. The molecule has 1 saturated heterocycles. The van der Waals surface area contributed by atoms with Gasteiger partial charge in [-0.15, -0.1) is 0 Å². The van der Waals surface area contributed by atoms with Gasteiger partial charge >= 0.3 is 6.18 Å². The second kappa shape index (κ2) is 6.88. The van der Waals surface area contributed by atoms with Gasteiger partial charge in [0, 0.05) is 18.7 Å².